The van der Waals surface area contributed by atoms with Gasteiger partial charge in [-0.15, -0.1) is 0 Å². The maximum absolute atomic E-state index is 12.9. The van der Waals surface area contributed by atoms with Crippen LogP contribution >= 0.6 is 0 Å². The minimum Gasteiger partial charge on any atom is -0.346 e. The van der Waals surface area contributed by atoms with Crippen molar-refractivity contribution in [1.29, 1.82) is 0 Å². The second-order valence-corrected chi connectivity index (χ2v) is 3.02. The van der Waals surface area contributed by atoms with Gasteiger partial charge in [-0.1, -0.05) is 0 Å². The fourth-order valence-electron chi connectivity index (χ4n) is 1.07. The maximum atomic E-state index is 12.9. The van der Waals surface area contributed by atoms with Crippen LogP contribution in [0.1, 0.15) is 10.4 Å². The predicted molar refractivity (Wildman–Crippen MR) is 51.4 cm³/mol. The molecule has 0 fully saturated rings. The van der Waals surface area contributed by atoms with Crippen LogP contribution in [0.5, 0.6) is 0 Å². The van der Waals surface area contributed by atoms with E-state index in [1.807, 2.05) is 5.32 Å². The van der Waals surface area contributed by atoms with Crippen LogP contribution in [0.4, 0.5) is 18.9 Å². The van der Waals surface area contributed by atoms with Gasteiger partial charge in [-0.25, -0.2) is 8.78 Å². The number of carbonyl (C=O) groups is 1. The monoisotopic (exact) mass is 248 g/mol. The van der Waals surface area contributed by atoms with Crippen LogP contribution in [0, 0.1) is 15.9 Å². The van der Waals surface area contributed by atoms with E-state index in [4.69, 9.17) is 0 Å². The van der Waals surface area contributed by atoms with Crippen LogP contribution < -0.4 is 5.32 Å². The highest BCUT2D eigenvalue weighted by Gasteiger charge is 2.17. The number of hydrogen-bond acceptors (Lipinski definition) is 3. The summed E-state index contributed by atoms with van der Waals surface area (Å²) in [5, 5.41) is 12.2. The first kappa shape index (κ1) is 12.9. The Morgan fingerprint density at radius 2 is 2.12 bits per heavy atom. The van der Waals surface area contributed by atoms with Crippen molar-refractivity contribution >= 4 is 11.6 Å². The predicted octanol–water partition coefficient (Wildman–Crippen LogP) is 1.73. The van der Waals surface area contributed by atoms with E-state index in [1.165, 1.54) is 0 Å². The summed E-state index contributed by atoms with van der Waals surface area (Å²) >= 11 is 0. The highest BCUT2D eigenvalue weighted by molar-refractivity contribution is 5.94. The lowest BCUT2D eigenvalue weighted by Gasteiger charge is -2.04. The lowest BCUT2D eigenvalue weighted by Crippen LogP contribution is -2.28. The van der Waals surface area contributed by atoms with Gasteiger partial charge in [-0.2, -0.15) is 4.39 Å². The zero-order valence-electron chi connectivity index (χ0n) is 8.32. The fraction of sp³-hybridized carbons (Fsp3) is 0.222. The van der Waals surface area contributed by atoms with Crippen molar-refractivity contribution < 1.29 is 22.9 Å². The smallest absolute Gasteiger partial charge is 0.305 e. The Balaban J connectivity index is 2.88. The number of benzene rings is 1. The molecule has 1 aromatic rings. The molecule has 0 atom stereocenters. The van der Waals surface area contributed by atoms with Gasteiger partial charge in [-0.3, -0.25) is 14.9 Å². The van der Waals surface area contributed by atoms with Crippen molar-refractivity contribution in [3.63, 3.8) is 0 Å². The molecule has 0 heterocycles. The molecule has 1 N–H and O–H groups in total. The second kappa shape index (κ2) is 5.28. The number of amides is 1. The third-order valence-electron chi connectivity index (χ3n) is 1.82. The quantitative estimate of drug-likeness (QED) is 0.651. The Bertz CT molecular complexity index is 451. The van der Waals surface area contributed by atoms with Crippen molar-refractivity contribution in [3.8, 4) is 0 Å². The summed E-state index contributed by atoms with van der Waals surface area (Å²) in [4.78, 5) is 20.6. The number of carbonyl (C=O) groups excluding carboxylic acids is 1. The van der Waals surface area contributed by atoms with Crippen LogP contribution in [0.2, 0.25) is 0 Å². The summed E-state index contributed by atoms with van der Waals surface area (Å²) in [7, 11) is 0. The summed E-state index contributed by atoms with van der Waals surface area (Å²) in [6, 6.07) is 2.40. The molecular weight excluding hydrogens is 241 g/mol. The van der Waals surface area contributed by atoms with Crippen molar-refractivity contribution in [3.05, 3.63) is 39.7 Å². The molecule has 1 rings (SSSR count). The minimum absolute atomic E-state index is 0.251. The molecule has 0 bridgehead atoms. The van der Waals surface area contributed by atoms with E-state index in [2.05, 4.69) is 0 Å². The van der Waals surface area contributed by atoms with E-state index in [1.54, 1.807) is 0 Å². The number of halogens is 3. The molecule has 0 aliphatic rings. The first-order valence-corrected chi connectivity index (χ1v) is 4.42. The zero-order valence-corrected chi connectivity index (χ0v) is 8.32. The van der Waals surface area contributed by atoms with Gasteiger partial charge in [0.25, 0.3) is 12.3 Å². The summed E-state index contributed by atoms with van der Waals surface area (Å²) in [6.07, 6.45) is -2.73. The Labute approximate surface area is 93.4 Å². The van der Waals surface area contributed by atoms with Crippen LogP contribution in [-0.2, 0) is 0 Å². The average molecular weight is 248 g/mol. The first-order valence-electron chi connectivity index (χ1n) is 4.42. The van der Waals surface area contributed by atoms with Crippen LogP contribution in [-0.4, -0.2) is 23.8 Å². The lowest BCUT2D eigenvalue weighted by molar-refractivity contribution is -0.387. The van der Waals surface area contributed by atoms with E-state index in [-0.39, 0.29) is 5.56 Å². The Kier molecular flexibility index (Phi) is 4.02. The van der Waals surface area contributed by atoms with Gasteiger partial charge in [0.15, 0.2) is 0 Å². The van der Waals surface area contributed by atoms with E-state index in [9.17, 15) is 28.1 Å². The molecule has 17 heavy (non-hydrogen) atoms. The number of hydrogen-bond donors (Lipinski definition) is 1. The van der Waals surface area contributed by atoms with Gasteiger partial charge >= 0.3 is 5.69 Å². The zero-order chi connectivity index (χ0) is 13.0. The third-order valence-corrected chi connectivity index (χ3v) is 1.82. The van der Waals surface area contributed by atoms with Crippen molar-refractivity contribution in [2.24, 2.45) is 0 Å². The first-order chi connectivity index (χ1) is 7.91. The van der Waals surface area contributed by atoms with E-state index < -0.39 is 35.3 Å². The van der Waals surface area contributed by atoms with Crippen molar-refractivity contribution in [2.75, 3.05) is 6.54 Å². The molecule has 0 aliphatic heterocycles. The Morgan fingerprint density at radius 1 is 1.47 bits per heavy atom. The number of nitro groups is 1. The normalized spacial score (nSPS) is 10.4. The molecular formula is C9H7F3N2O3. The molecule has 0 aromatic heterocycles. The lowest BCUT2D eigenvalue weighted by atomic mass is 10.2. The molecule has 0 saturated heterocycles. The minimum atomic E-state index is -2.73. The van der Waals surface area contributed by atoms with Crippen LogP contribution in [0.15, 0.2) is 18.2 Å². The van der Waals surface area contributed by atoms with Gasteiger partial charge < -0.3 is 5.32 Å². The van der Waals surface area contributed by atoms with E-state index in [0.29, 0.717) is 6.07 Å². The highest BCUT2D eigenvalue weighted by atomic mass is 19.3. The number of nitro benzene ring substituents is 1. The topological polar surface area (TPSA) is 72.2 Å². The number of alkyl halides is 2. The van der Waals surface area contributed by atoms with Gasteiger partial charge in [-0.05, 0) is 12.1 Å². The molecule has 8 heteroatoms. The fourth-order valence-corrected chi connectivity index (χ4v) is 1.07. The molecule has 0 spiro atoms. The molecule has 5 nitrogen and oxygen atoms in total. The van der Waals surface area contributed by atoms with Crippen molar-refractivity contribution in [2.45, 2.75) is 6.43 Å². The summed E-state index contributed by atoms with van der Waals surface area (Å²) in [5.41, 5.74) is -1.13. The number of nitrogens with zero attached hydrogens (tertiary/aromatic N) is 1. The molecule has 1 aromatic carbocycles. The van der Waals surface area contributed by atoms with Gasteiger partial charge in [0.05, 0.1) is 11.5 Å². The van der Waals surface area contributed by atoms with Crippen LogP contribution in [0.3, 0.4) is 0 Å². The second-order valence-electron chi connectivity index (χ2n) is 3.02. The summed E-state index contributed by atoms with van der Waals surface area (Å²) in [5.74, 6) is -2.02. The highest BCUT2D eigenvalue weighted by Crippen LogP contribution is 2.18. The molecule has 92 valence electrons. The van der Waals surface area contributed by atoms with Gasteiger partial charge in [0.1, 0.15) is 0 Å². The summed E-state index contributed by atoms with van der Waals surface area (Å²) in [6.45, 7) is -0.871. The maximum Gasteiger partial charge on any atom is 0.305 e. The largest absolute Gasteiger partial charge is 0.346 e. The summed E-state index contributed by atoms with van der Waals surface area (Å²) < 4.78 is 36.5. The SMILES string of the molecule is O=C(NCC(F)F)c1ccc(F)c([N+](=O)[O-])c1. The van der Waals surface area contributed by atoms with E-state index >= 15 is 0 Å². The third kappa shape index (κ3) is 3.44. The van der Waals surface area contributed by atoms with Gasteiger partial charge in [0, 0.05) is 11.6 Å². The molecule has 0 saturated carbocycles. The molecule has 0 radical (unpaired) electrons. The molecule has 0 aliphatic carbocycles. The average Bonchev–Trinajstić information content (AvgIpc) is 2.26. The van der Waals surface area contributed by atoms with Crippen molar-refractivity contribution in [1.82, 2.24) is 5.32 Å². The standard InChI is InChI=1S/C9H7F3N2O3/c10-6-2-1-5(3-7(6)14(16)17)9(15)13-4-8(11)12/h1-3,8H,4H2,(H,13,15). The Morgan fingerprint density at radius 3 is 2.65 bits per heavy atom. The van der Waals surface area contributed by atoms with Crippen LogP contribution in [0.25, 0.3) is 0 Å². The number of rotatable bonds is 4. The molecule has 0 unspecified atom stereocenters. The Hall–Kier alpha value is -2.12. The molecule has 1 amide bonds. The number of nitrogens with one attached hydrogen (secondary N) is 1. The van der Waals surface area contributed by atoms with E-state index in [0.717, 1.165) is 12.1 Å². The van der Waals surface area contributed by atoms with Gasteiger partial charge in [0.2, 0.25) is 5.82 Å².